The van der Waals surface area contributed by atoms with Gasteiger partial charge in [-0.15, -0.1) is 0 Å². The number of ether oxygens (including phenoxy) is 6. The molecule has 15 heteroatoms. The molecule has 4 aromatic carbocycles. The lowest BCUT2D eigenvalue weighted by molar-refractivity contribution is -0.137. The van der Waals surface area contributed by atoms with Crippen LogP contribution in [0.25, 0.3) is 34.0 Å². The van der Waals surface area contributed by atoms with Crippen molar-refractivity contribution in [3.63, 3.8) is 0 Å². The molecular formula is C47H44F2N4O9. The third kappa shape index (κ3) is 9.72. The molecule has 0 unspecified atom stereocenters. The van der Waals surface area contributed by atoms with Crippen molar-refractivity contribution in [1.29, 1.82) is 0 Å². The topological polar surface area (TPSA) is 161 Å². The minimum Gasteiger partial charge on any atom is -0.493 e. The fourth-order valence-corrected chi connectivity index (χ4v) is 7.10. The zero-order chi connectivity index (χ0) is 43.9. The number of carbonyl (C=O) groups excluding carboxylic acids is 1. The van der Waals surface area contributed by atoms with E-state index in [-0.39, 0.29) is 42.1 Å². The van der Waals surface area contributed by atoms with Crippen LogP contribution in [0.3, 0.4) is 0 Å². The van der Waals surface area contributed by atoms with Crippen LogP contribution >= 0.6 is 0 Å². The van der Waals surface area contributed by atoms with E-state index >= 15 is 0 Å². The summed E-state index contributed by atoms with van der Waals surface area (Å²) in [5.41, 5.74) is 6.29. The predicted molar refractivity (Wildman–Crippen MR) is 228 cm³/mol. The number of carbonyl (C=O) groups is 2. The van der Waals surface area contributed by atoms with E-state index in [9.17, 15) is 18.4 Å². The number of ketones is 1. The molecule has 0 radical (unpaired) electrons. The molecule has 320 valence electrons. The molecule has 0 spiro atoms. The molecule has 0 saturated carbocycles. The fraction of sp³-hybridized carbons (Fsp3) is 0.277. The van der Waals surface area contributed by atoms with Crippen molar-refractivity contribution in [2.75, 3.05) is 27.4 Å². The minimum atomic E-state index is -0.881. The van der Waals surface area contributed by atoms with Gasteiger partial charge in [0.1, 0.15) is 18.4 Å². The van der Waals surface area contributed by atoms with Gasteiger partial charge in [-0.2, -0.15) is 0 Å². The van der Waals surface area contributed by atoms with E-state index in [0.717, 1.165) is 35.1 Å². The number of halogens is 2. The SMILES string of the molecule is COc1cc2c(Oc3ccc4c(c3F)C=C(C)C4)ncnc2cc1OCCCC(=O)O.COc1cc2c(Oc3ccc4c(c3F)C=C(C)C4)ncnc2cc1OCCCC(C)=O. The van der Waals surface area contributed by atoms with Gasteiger partial charge >= 0.3 is 5.97 Å². The van der Waals surface area contributed by atoms with Crippen LogP contribution in [0.5, 0.6) is 46.3 Å². The summed E-state index contributed by atoms with van der Waals surface area (Å²) in [7, 11) is 3.02. The van der Waals surface area contributed by atoms with Crippen LogP contribution in [0.1, 0.15) is 68.7 Å². The predicted octanol–water partition coefficient (Wildman–Crippen LogP) is 10.0. The van der Waals surface area contributed by atoms with Gasteiger partial charge in [0.25, 0.3) is 0 Å². The molecule has 2 heterocycles. The maximum absolute atomic E-state index is 15.0. The first-order valence-corrected chi connectivity index (χ1v) is 19.9. The Bertz CT molecular complexity index is 2570. The standard InChI is InChI=1S/C24H23FN2O4.C23H21FN2O5/c1-14-9-16-6-7-20(23(25)17(16)10-14)31-24-18-11-21(29-3)22(12-19(18)26-13-27-24)30-8-4-5-15(2)28;1-13-8-14-5-6-18(22(24)15(14)9-13)31-23-16-10-19(29-2)20(11-17(16)25-12-26-23)30-7-3-4-21(27)28/h6-7,10-13H,4-5,8-9H2,1-3H3;5-6,9-12H,3-4,7-8H2,1-2H3,(H,27,28). The highest BCUT2D eigenvalue weighted by Crippen LogP contribution is 2.40. The third-order valence-electron chi connectivity index (χ3n) is 10.1. The zero-order valence-corrected chi connectivity index (χ0v) is 34.8. The summed E-state index contributed by atoms with van der Waals surface area (Å²) in [5.74, 6) is 0.833. The molecule has 0 amide bonds. The summed E-state index contributed by atoms with van der Waals surface area (Å²) in [4.78, 5) is 38.7. The quantitative estimate of drug-likeness (QED) is 0.0917. The van der Waals surface area contributed by atoms with Gasteiger partial charge in [0.2, 0.25) is 11.8 Å². The molecule has 0 atom stereocenters. The van der Waals surface area contributed by atoms with E-state index in [0.29, 0.717) is 81.8 Å². The van der Waals surface area contributed by atoms with Crippen molar-refractivity contribution in [2.24, 2.45) is 0 Å². The minimum absolute atomic E-state index is 0.0110. The monoisotopic (exact) mass is 846 g/mol. The lowest BCUT2D eigenvalue weighted by Gasteiger charge is -2.14. The summed E-state index contributed by atoms with van der Waals surface area (Å²) in [5, 5.41) is 9.85. The number of aliphatic carboxylic acids is 1. The Balaban J connectivity index is 0.000000186. The number of allylic oxidation sites excluding steroid dienone is 2. The lowest BCUT2D eigenvalue weighted by atomic mass is 10.1. The Morgan fingerprint density at radius 3 is 1.50 bits per heavy atom. The van der Waals surface area contributed by atoms with Crippen LogP contribution in [0.4, 0.5) is 8.78 Å². The first kappa shape index (κ1) is 42.9. The Kier molecular flexibility index (Phi) is 13.2. The summed E-state index contributed by atoms with van der Waals surface area (Å²) >= 11 is 0. The average molecular weight is 847 g/mol. The second-order valence-electron chi connectivity index (χ2n) is 14.8. The average Bonchev–Trinajstić information content (AvgIpc) is 3.84. The van der Waals surface area contributed by atoms with Gasteiger partial charge in [-0.05, 0) is 81.8 Å². The number of Topliss-reactive ketones (excluding diaryl/α,β-unsaturated/α-hetero) is 1. The van der Waals surface area contributed by atoms with Gasteiger partial charge in [0, 0.05) is 36.1 Å². The number of carboxylic acids is 1. The van der Waals surface area contributed by atoms with Crippen LogP contribution in [-0.4, -0.2) is 64.2 Å². The lowest BCUT2D eigenvalue weighted by Crippen LogP contribution is -2.03. The number of methoxy groups -OCH3 is 2. The molecule has 0 saturated heterocycles. The Morgan fingerprint density at radius 1 is 0.629 bits per heavy atom. The van der Waals surface area contributed by atoms with Crippen molar-refractivity contribution in [2.45, 2.75) is 59.3 Å². The smallest absolute Gasteiger partial charge is 0.303 e. The molecule has 0 aliphatic heterocycles. The summed E-state index contributed by atoms with van der Waals surface area (Å²) in [6.45, 7) is 6.09. The van der Waals surface area contributed by atoms with E-state index in [2.05, 4.69) is 19.9 Å². The van der Waals surface area contributed by atoms with E-state index in [1.165, 1.54) is 26.9 Å². The largest absolute Gasteiger partial charge is 0.493 e. The molecule has 13 nitrogen and oxygen atoms in total. The van der Waals surface area contributed by atoms with Crippen molar-refractivity contribution in [1.82, 2.24) is 19.9 Å². The van der Waals surface area contributed by atoms with Crippen molar-refractivity contribution < 1.29 is 51.9 Å². The van der Waals surface area contributed by atoms with Crippen LogP contribution in [0.15, 0.2) is 72.3 Å². The van der Waals surface area contributed by atoms with E-state index in [4.69, 9.17) is 33.5 Å². The molecule has 62 heavy (non-hydrogen) atoms. The Hall–Kier alpha value is -7.16. The van der Waals surface area contributed by atoms with Crippen LogP contribution < -0.4 is 28.4 Å². The van der Waals surface area contributed by atoms with E-state index < -0.39 is 17.6 Å². The molecule has 6 aromatic rings. The summed E-state index contributed by atoms with van der Waals surface area (Å²) in [6, 6.07) is 13.7. The van der Waals surface area contributed by atoms with Gasteiger partial charge in [-0.1, -0.05) is 35.4 Å². The van der Waals surface area contributed by atoms with Crippen LogP contribution in [0, 0.1) is 11.6 Å². The number of nitrogens with zero attached hydrogens (tertiary/aromatic N) is 4. The second kappa shape index (κ2) is 19.0. The Morgan fingerprint density at radius 2 is 1.08 bits per heavy atom. The van der Waals surface area contributed by atoms with Crippen molar-refractivity contribution in [3.05, 3.63) is 106 Å². The van der Waals surface area contributed by atoms with Gasteiger partial charge in [-0.25, -0.2) is 28.7 Å². The number of aromatic nitrogens is 4. The maximum atomic E-state index is 15.0. The highest BCUT2D eigenvalue weighted by molar-refractivity contribution is 5.88. The molecule has 1 N–H and O–H groups in total. The number of hydrogen-bond acceptors (Lipinski definition) is 12. The van der Waals surface area contributed by atoms with Crippen molar-refractivity contribution in [3.8, 4) is 46.3 Å². The third-order valence-corrected chi connectivity index (χ3v) is 10.1. The summed E-state index contributed by atoms with van der Waals surface area (Å²) in [6.07, 6.45) is 9.27. The molecular weight excluding hydrogens is 803 g/mol. The van der Waals surface area contributed by atoms with Gasteiger partial charge < -0.3 is 38.3 Å². The van der Waals surface area contributed by atoms with Gasteiger partial charge in [-0.3, -0.25) is 4.79 Å². The van der Waals surface area contributed by atoms with Crippen LogP contribution in [0.2, 0.25) is 0 Å². The second-order valence-corrected chi connectivity index (χ2v) is 14.8. The molecule has 2 aliphatic carbocycles. The normalized spacial score (nSPS) is 12.4. The zero-order valence-electron chi connectivity index (χ0n) is 34.8. The number of carboxylic acid groups (broad SMARTS) is 1. The molecule has 8 rings (SSSR count). The van der Waals surface area contributed by atoms with Crippen molar-refractivity contribution >= 4 is 45.7 Å². The number of fused-ring (bicyclic) bond motifs is 4. The van der Waals surface area contributed by atoms with Gasteiger partial charge in [0.05, 0.1) is 49.2 Å². The molecule has 0 fully saturated rings. The molecule has 0 bridgehead atoms. The first-order chi connectivity index (χ1) is 29.9. The van der Waals surface area contributed by atoms with Gasteiger partial charge in [0.15, 0.2) is 46.1 Å². The van der Waals surface area contributed by atoms with E-state index in [1.807, 2.05) is 38.1 Å². The van der Waals surface area contributed by atoms with E-state index in [1.54, 1.807) is 43.3 Å². The molecule has 2 aliphatic rings. The number of benzene rings is 4. The Labute approximate surface area is 356 Å². The highest BCUT2D eigenvalue weighted by atomic mass is 19.1. The number of rotatable bonds is 16. The maximum Gasteiger partial charge on any atom is 0.303 e. The number of hydrogen-bond donors (Lipinski definition) is 1. The fourth-order valence-electron chi connectivity index (χ4n) is 7.10. The summed E-state index contributed by atoms with van der Waals surface area (Å²) < 4.78 is 63.9. The molecule has 2 aromatic heterocycles. The first-order valence-electron chi connectivity index (χ1n) is 19.9. The highest BCUT2D eigenvalue weighted by Gasteiger charge is 2.22. The van der Waals surface area contributed by atoms with Crippen LogP contribution in [-0.2, 0) is 22.4 Å².